The molecule has 2 aromatic heterocycles. The number of aromatic nitrogens is 3. The molecule has 0 saturated carbocycles. The maximum absolute atomic E-state index is 11.8. The first-order valence-corrected chi connectivity index (χ1v) is 5.99. The van der Waals surface area contributed by atoms with Crippen molar-refractivity contribution >= 4 is 29.1 Å². The molecular formula is C11H10Cl2N4O. The molecule has 0 aliphatic heterocycles. The van der Waals surface area contributed by atoms with Crippen LogP contribution in [-0.2, 0) is 6.54 Å². The van der Waals surface area contributed by atoms with Crippen LogP contribution < -0.4 is 5.32 Å². The molecule has 0 aromatic carbocycles. The van der Waals surface area contributed by atoms with Gasteiger partial charge < -0.3 is 5.32 Å². The predicted octanol–water partition coefficient (Wildman–Crippen LogP) is 2.01. The van der Waals surface area contributed by atoms with E-state index >= 15 is 0 Å². The lowest BCUT2D eigenvalue weighted by molar-refractivity contribution is 0.0952. The quantitative estimate of drug-likeness (QED) is 0.874. The second-order valence-corrected chi connectivity index (χ2v) is 4.31. The fraction of sp³-hybridized carbons (Fsp3) is 0.182. The number of hydrogen-bond donors (Lipinski definition) is 1. The molecule has 0 radical (unpaired) electrons. The van der Waals surface area contributed by atoms with Gasteiger partial charge in [-0.1, -0.05) is 23.2 Å². The summed E-state index contributed by atoms with van der Waals surface area (Å²) < 4.78 is 1.72. The number of nitrogens with one attached hydrogen (secondary N) is 1. The van der Waals surface area contributed by atoms with E-state index < -0.39 is 0 Å². The first-order valence-electron chi connectivity index (χ1n) is 5.23. The topological polar surface area (TPSA) is 59.8 Å². The maximum atomic E-state index is 11.8. The van der Waals surface area contributed by atoms with Crippen LogP contribution in [0.4, 0.5) is 0 Å². The predicted molar refractivity (Wildman–Crippen MR) is 68.8 cm³/mol. The Morgan fingerprint density at radius 3 is 3.00 bits per heavy atom. The van der Waals surface area contributed by atoms with Crippen LogP contribution >= 0.6 is 23.2 Å². The smallest absolute Gasteiger partial charge is 0.253 e. The van der Waals surface area contributed by atoms with Crippen LogP contribution in [0.3, 0.4) is 0 Å². The molecule has 0 unspecified atom stereocenters. The van der Waals surface area contributed by atoms with Crippen LogP contribution in [0.15, 0.2) is 30.7 Å². The maximum Gasteiger partial charge on any atom is 0.253 e. The summed E-state index contributed by atoms with van der Waals surface area (Å²) in [6.07, 6.45) is 4.86. The molecule has 0 bridgehead atoms. The van der Waals surface area contributed by atoms with Crippen LogP contribution in [-0.4, -0.2) is 27.2 Å². The van der Waals surface area contributed by atoms with Crippen LogP contribution in [0, 0.1) is 0 Å². The van der Waals surface area contributed by atoms with E-state index in [-0.39, 0.29) is 16.1 Å². The Morgan fingerprint density at radius 2 is 2.28 bits per heavy atom. The number of halogens is 2. The summed E-state index contributed by atoms with van der Waals surface area (Å²) in [5, 5.41) is 7.27. The number of pyridine rings is 1. The standard InChI is InChI=1S/C11H10Cl2N4O/c12-9-7-15-10(13)6-8(9)11(18)14-3-5-17-4-1-2-16-17/h1-2,4,6-7H,3,5H2,(H,14,18). The van der Waals surface area contributed by atoms with Crippen molar-refractivity contribution in [2.45, 2.75) is 6.54 Å². The molecule has 0 aliphatic carbocycles. The molecule has 0 aliphatic rings. The van der Waals surface area contributed by atoms with E-state index in [2.05, 4.69) is 15.4 Å². The highest BCUT2D eigenvalue weighted by molar-refractivity contribution is 6.35. The highest BCUT2D eigenvalue weighted by Crippen LogP contribution is 2.17. The van der Waals surface area contributed by atoms with Gasteiger partial charge in [0.1, 0.15) is 5.15 Å². The SMILES string of the molecule is O=C(NCCn1cccn1)c1cc(Cl)ncc1Cl. The third kappa shape index (κ3) is 3.21. The lowest BCUT2D eigenvalue weighted by Gasteiger charge is -2.06. The number of carbonyl (C=O) groups is 1. The first-order chi connectivity index (χ1) is 8.66. The monoisotopic (exact) mass is 284 g/mol. The van der Waals surface area contributed by atoms with Crippen LogP contribution in [0.2, 0.25) is 10.2 Å². The van der Waals surface area contributed by atoms with Crippen molar-refractivity contribution < 1.29 is 4.79 Å². The van der Waals surface area contributed by atoms with Crippen molar-refractivity contribution in [1.82, 2.24) is 20.1 Å². The van der Waals surface area contributed by atoms with E-state index in [1.54, 1.807) is 10.9 Å². The number of nitrogens with zero attached hydrogens (tertiary/aromatic N) is 3. The summed E-state index contributed by atoms with van der Waals surface area (Å²) in [4.78, 5) is 15.6. The molecule has 7 heteroatoms. The minimum atomic E-state index is -0.281. The summed E-state index contributed by atoms with van der Waals surface area (Å²) in [7, 11) is 0. The van der Waals surface area contributed by atoms with Crippen molar-refractivity contribution in [2.75, 3.05) is 6.54 Å². The summed E-state index contributed by atoms with van der Waals surface area (Å²) in [6.45, 7) is 1.05. The molecule has 18 heavy (non-hydrogen) atoms. The fourth-order valence-electron chi connectivity index (χ4n) is 1.40. The molecule has 0 fully saturated rings. The molecule has 0 saturated heterocycles. The van der Waals surface area contributed by atoms with Crippen molar-refractivity contribution in [3.63, 3.8) is 0 Å². The molecule has 1 amide bonds. The fourth-order valence-corrected chi connectivity index (χ4v) is 1.75. The zero-order chi connectivity index (χ0) is 13.0. The van der Waals surface area contributed by atoms with Gasteiger partial charge >= 0.3 is 0 Å². The van der Waals surface area contributed by atoms with Gasteiger partial charge in [0.2, 0.25) is 0 Å². The van der Waals surface area contributed by atoms with Gasteiger partial charge in [-0.25, -0.2) is 4.98 Å². The van der Waals surface area contributed by atoms with E-state index in [0.29, 0.717) is 18.7 Å². The largest absolute Gasteiger partial charge is 0.350 e. The van der Waals surface area contributed by atoms with E-state index in [9.17, 15) is 4.79 Å². The summed E-state index contributed by atoms with van der Waals surface area (Å²) in [6, 6.07) is 3.26. The van der Waals surface area contributed by atoms with E-state index in [4.69, 9.17) is 23.2 Å². The Balaban J connectivity index is 1.93. The molecule has 2 heterocycles. The molecular weight excluding hydrogens is 275 g/mol. The lowest BCUT2D eigenvalue weighted by Crippen LogP contribution is -2.27. The number of rotatable bonds is 4. The molecule has 2 rings (SSSR count). The van der Waals surface area contributed by atoms with Crippen molar-refractivity contribution in [2.24, 2.45) is 0 Å². The summed E-state index contributed by atoms with van der Waals surface area (Å²) in [5.74, 6) is -0.281. The molecule has 2 aromatic rings. The Kier molecular flexibility index (Phi) is 4.17. The number of amides is 1. The van der Waals surface area contributed by atoms with E-state index in [1.165, 1.54) is 12.3 Å². The Morgan fingerprint density at radius 1 is 1.44 bits per heavy atom. The second-order valence-electron chi connectivity index (χ2n) is 3.51. The first kappa shape index (κ1) is 12.9. The second kappa shape index (κ2) is 5.84. The van der Waals surface area contributed by atoms with Crippen LogP contribution in [0.25, 0.3) is 0 Å². The lowest BCUT2D eigenvalue weighted by atomic mass is 10.2. The average molecular weight is 285 g/mol. The third-order valence-corrected chi connectivity index (χ3v) is 2.76. The van der Waals surface area contributed by atoms with Crippen LogP contribution in [0.1, 0.15) is 10.4 Å². The number of carbonyl (C=O) groups excluding carboxylic acids is 1. The highest BCUT2D eigenvalue weighted by Gasteiger charge is 2.10. The molecule has 0 atom stereocenters. The van der Waals surface area contributed by atoms with Gasteiger partial charge in [0.15, 0.2) is 0 Å². The zero-order valence-corrected chi connectivity index (χ0v) is 10.8. The molecule has 5 nitrogen and oxygen atoms in total. The van der Waals surface area contributed by atoms with Gasteiger partial charge in [-0.3, -0.25) is 9.48 Å². The van der Waals surface area contributed by atoms with Crippen LogP contribution in [0.5, 0.6) is 0 Å². The van der Waals surface area contributed by atoms with Crippen molar-refractivity contribution in [3.8, 4) is 0 Å². The average Bonchev–Trinajstić information content (AvgIpc) is 2.85. The minimum absolute atomic E-state index is 0.233. The molecule has 0 spiro atoms. The van der Waals surface area contributed by atoms with Gasteiger partial charge in [0.25, 0.3) is 5.91 Å². The number of hydrogen-bond acceptors (Lipinski definition) is 3. The van der Waals surface area contributed by atoms with Crippen molar-refractivity contribution in [1.29, 1.82) is 0 Å². The Labute approximate surface area is 114 Å². The van der Waals surface area contributed by atoms with Gasteiger partial charge in [-0.05, 0) is 12.1 Å². The van der Waals surface area contributed by atoms with Gasteiger partial charge in [-0.15, -0.1) is 0 Å². The minimum Gasteiger partial charge on any atom is -0.350 e. The van der Waals surface area contributed by atoms with E-state index in [0.717, 1.165) is 0 Å². The highest BCUT2D eigenvalue weighted by atomic mass is 35.5. The molecule has 94 valence electrons. The Hall–Kier alpha value is -1.59. The molecule has 1 N–H and O–H groups in total. The van der Waals surface area contributed by atoms with Gasteiger partial charge in [-0.2, -0.15) is 5.10 Å². The van der Waals surface area contributed by atoms with Crippen molar-refractivity contribution in [3.05, 3.63) is 46.5 Å². The van der Waals surface area contributed by atoms with Gasteiger partial charge in [0.05, 0.1) is 17.1 Å². The third-order valence-electron chi connectivity index (χ3n) is 2.25. The normalized spacial score (nSPS) is 10.3. The zero-order valence-electron chi connectivity index (χ0n) is 9.31. The van der Waals surface area contributed by atoms with E-state index in [1.807, 2.05) is 12.3 Å². The summed E-state index contributed by atoms with van der Waals surface area (Å²) in [5.41, 5.74) is 0.317. The Bertz CT molecular complexity index is 542. The van der Waals surface area contributed by atoms with Gasteiger partial charge in [0, 0.05) is 25.1 Å². The summed E-state index contributed by atoms with van der Waals surface area (Å²) >= 11 is 11.6.